The summed E-state index contributed by atoms with van der Waals surface area (Å²) in [5, 5.41) is 7.28. The third-order valence-electron chi connectivity index (χ3n) is 2.28. The first-order valence-corrected chi connectivity index (χ1v) is 5.36. The van der Waals surface area contributed by atoms with Gasteiger partial charge in [-0.1, -0.05) is 12.1 Å². The average Bonchev–Trinajstić information content (AvgIpc) is 2.70. The molecule has 0 spiro atoms. The van der Waals surface area contributed by atoms with Crippen molar-refractivity contribution in [2.75, 3.05) is 24.7 Å². The number of para-hydroxylation sites is 2. The van der Waals surface area contributed by atoms with E-state index >= 15 is 0 Å². The summed E-state index contributed by atoms with van der Waals surface area (Å²) in [4.78, 5) is 4.12. The number of anilines is 2. The van der Waals surface area contributed by atoms with Gasteiger partial charge in [0.25, 0.3) is 0 Å². The summed E-state index contributed by atoms with van der Waals surface area (Å²) in [6.45, 7) is 2.72. The summed E-state index contributed by atoms with van der Waals surface area (Å²) in [7, 11) is 1.61. The van der Waals surface area contributed by atoms with Crippen LogP contribution in [0.2, 0.25) is 0 Å². The normalized spacial score (nSPS) is 10.2. The summed E-state index contributed by atoms with van der Waals surface area (Å²) in [6, 6.07) is 7.51. The van der Waals surface area contributed by atoms with E-state index in [-0.39, 0.29) is 0 Å². The van der Waals surface area contributed by atoms with Crippen molar-refractivity contribution >= 4 is 11.9 Å². The van der Waals surface area contributed by atoms with Gasteiger partial charge in [-0.25, -0.2) is 0 Å². The first kappa shape index (κ1) is 11.3. The van der Waals surface area contributed by atoms with Crippen molar-refractivity contribution in [1.82, 2.24) is 14.8 Å². The lowest BCUT2D eigenvalue weighted by Crippen LogP contribution is -2.04. The van der Waals surface area contributed by atoms with E-state index in [1.54, 1.807) is 11.8 Å². The van der Waals surface area contributed by atoms with Crippen LogP contribution in [-0.2, 0) is 0 Å². The highest BCUT2D eigenvalue weighted by molar-refractivity contribution is 5.50. The molecule has 0 radical (unpaired) electrons. The van der Waals surface area contributed by atoms with E-state index in [0.717, 1.165) is 12.2 Å². The lowest BCUT2D eigenvalue weighted by molar-refractivity contribution is 0.412. The molecule has 90 valence electrons. The molecule has 0 atom stereocenters. The van der Waals surface area contributed by atoms with E-state index in [9.17, 15) is 0 Å². The molecule has 0 aliphatic carbocycles. The van der Waals surface area contributed by atoms with E-state index in [4.69, 9.17) is 10.5 Å². The standard InChI is InChI=1S/C11H15N5O/c1-3-13-11-14-10(12)16(15-11)8-6-4-5-7-9(8)17-2/h4-7H,3H2,1-2H3,(H3,12,13,14,15). The van der Waals surface area contributed by atoms with Gasteiger partial charge in [-0.05, 0) is 19.1 Å². The lowest BCUT2D eigenvalue weighted by atomic mass is 10.3. The number of rotatable bonds is 4. The Hall–Kier alpha value is -2.24. The molecule has 6 heteroatoms. The fraction of sp³-hybridized carbons (Fsp3) is 0.273. The second kappa shape index (κ2) is 4.73. The van der Waals surface area contributed by atoms with Gasteiger partial charge in [0, 0.05) is 6.54 Å². The molecule has 1 heterocycles. The van der Waals surface area contributed by atoms with Gasteiger partial charge in [0.15, 0.2) is 0 Å². The fourth-order valence-corrected chi connectivity index (χ4v) is 1.54. The molecule has 0 saturated carbocycles. The van der Waals surface area contributed by atoms with Gasteiger partial charge < -0.3 is 15.8 Å². The quantitative estimate of drug-likeness (QED) is 0.832. The Labute approximate surface area is 99.4 Å². The molecule has 1 aromatic heterocycles. The van der Waals surface area contributed by atoms with Gasteiger partial charge >= 0.3 is 0 Å². The summed E-state index contributed by atoms with van der Waals surface area (Å²) in [5.74, 6) is 1.54. The van der Waals surface area contributed by atoms with Crippen molar-refractivity contribution in [3.8, 4) is 11.4 Å². The number of benzene rings is 1. The van der Waals surface area contributed by atoms with Crippen molar-refractivity contribution < 1.29 is 4.74 Å². The summed E-state index contributed by atoms with van der Waals surface area (Å²) in [6.07, 6.45) is 0. The maximum atomic E-state index is 5.82. The molecule has 6 nitrogen and oxygen atoms in total. The van der Waals surface area contributed by atoms with Crippen LogP contribution in [-0.4, -0.2) is 28.4 Å². The molecule has 0 fully saturated rings. The minimum atomic E-state index is 0.324. The van der Waals surface area contributed by atoms with Crippen LogP contribution >= 0.6 is 0 Å². The molecule has 0 aliphatic heterocycles. The number of methoxy groups -OCH3 is 1. The number of hydrogen-bond donors (Lipinski definition) is 2. The molecule has 3 N–H and O–H groups in total. The molecule has 0 bridgehead atoms. The highest BCUT2D eigenvalue weighted by Crippen LogP contribution is 2.23. The van der Waals surface area contributed by atoms with Crippen molar-refractivity contribution in [3.63, 3.8) is 0 Å². The van der Waals surface area contributed by atoms with E-state index in [1.807, 2.05) is 31.2 Å². The summed E-state index contributed by atoms with van der Waals surface area (Å²) in [5.41, 5.74) is 6.59. The molecule has 17 heavy (non-hydrogen) atoms. The first-order valence-electron chi connectivity index (χ1n) is 5.36. The maximum absolute atomic E-state index is 5.82. The molecule has 2 aromatic rings. The Kier molecular flexibility index (Phi) is 3.13. The molecule has 0 amide bonds. The maximum Gasteiger partial charge on any atom is 0.244 e. The Bertz CT molecular complexity index is 508. The van der Waals surface area contributed by atoms with Crippen LogP contribution in [0.3, 0.4) is 0 Å². The first-order chi connectivity index (χ1) is 8.26. The Morgan fingerprint density at radius 2 is 2.18 bits per heavy atom. The van der Waals surface area contributed by atoms with Gasteiger partial charge in [-0.15, -0.1) is 5.10 Å². The highest BCUT2D eigenvalue weighted by atomic mass is 16.5. The molecule has 0 aliphatic rings. The van der Waals surface area contributed by atoms with Gasteiger partial charge in [-0.2, -0.15) is 9.67 Å². The smallest absolute Gasteiger partial charge is 0.244 e. The topological polar surface area (TPSA) is 78.0 Å². The fourth-order valence-electron chi connectivity index (χ4n) is 1.54. The third-order valence-corrected chi connectivity index (χ3v) is 2.28. The van der Waals surface area contributed by atoms with Crippen molar-refractivity contribution in [2.45, 2.75) is 6.92 Å². The molecular formula is C11H15N5O. The van der Waals surface area contributed by atoms with Crippen LogP contribution < -0.4 is 15.8 Å². The molecule has 0 unspecified atom stereocenters. The molecular weight excluding hydrogens is 218 g/mol. The number of hydrogen-bond acceptors (Lipinski definition) is 5. The predicted molar refractivity (Wildman–Crippen MR) is 66.5 cm³/mol. The zero-order valence-corrected chi connectivity index (χ0v) is 9.84. The third kappa shape index (κ3) is 2.15. The summed E-state index contributed by atoms with van der Waals surface area (Å²) < 4.78 is 6.81. The van der Waals surface area contributed by atoms with Crippen LogP contribution in [0, 0.1) is 0 Å². The SMILES string of the molecule is CCNc1nc(N)n(-c2ccccc2OC)n1. The Balaban J connectivity index is 2.45. The van der Waals surface area contributed by atoms with Gasteiger partial charge in [-0.3, -0.25) is 0 Å². The second-order valence-corrected chi connectivity index (χ2v) is 3.41. The number of nitrogens with one attached hydrogen (secondary N) is 1. The minimum Gasteiger partial charge on any atom is -0.494 e. The largest absolute Gasteiger partial charge is 0.494 e. The molecule has 0 saturated heterocycles. The monoisotopic (exact) mass is 233 g/mol. The number of nitrogen functional groups attached to an aromatic ring is 1. The van der Waals surface area contributed by atoms with Gasteiger partial charge in [0.1, 0.15) is 11.4 Å². The van der Waals surface area contributed by atoms with Gasteiger partial charge in [0.05, 0.1) is 7.11 Å². The number of nitrogens with zero attached hydrogens (tertiary/aromatic N) is 3. The second-order valence-electron chi connectivity index (χ2n) is 3.41. The van der Waals surface area contributed by atoms with E-state index in [2.05, 4.69) is 15.4 Å². The number of ether oxygens (including phenoxy) is 1. The van der Waals surface area contributed by atoms with Crippen LogP contribution in [0.4, 0.5) is 11.9 Å². The minimum absolute atomic E-state index is 0.324. The lowest BCUT2D eigenvalue weighted by Gasteiger charge is -2.07. The van der Waals surface area contributed by atoms with E-state index in [1.165, 1.54) is 0 Å². The average molecular weight is 233 g/mol. The van der Waals surface area contributed by atoms with E-state index < -0.39 is 0 Å². The number of aromatic nitrogens is 3. The molecule has 2 rings (SSSR count). The highest BCUT2D eigenvalue weighted by Gasteiger charge is 2.11. The molecule has 1 aromatic carbocycles. The zero-order chi connectivity index (χ0) is 12.3. The van der Waals surface area contributed by atoms with Crippen LogP contribution in [0.25, 0.3) is 5.69 Å². The van der Waals surface area contributed by atoms with E-state index in [0.29, 0.717) is 17.6 Å². The summed E-state index contributed by atoms with van der Waals surface area (Å²) >= 11 is 0. The zero-order valence-electron chi connectivity index (χ0n) is 9.84. The van der Waals surface area contributed by atoms with Crippen molar-refractivity contribution in [3.05, 3.63) is 24.3 Å². The van der Waals surface area contributed by atoms with Crippen LogP contribution in [0.5, 0.6) is 5.75 Å². The Morgan fingerprint density at radius 1 is 1.41 bits per heavy atom. The number of nitrogens with two attached hydrogens (primary N) is 1. The van der Waals surface area contributed by atoms with Crippen LogP contribution in [0.15, 0.2) is 24.3 Å². The Morgan fingerprint density at radius 3 is 2.88 bits per heavy atom. The van der Waals surface area contributed by atoms with Gasteiger partial charge in [0.2, 0.25) is 11.9 Å². The van der Waals surface area contributed by atoms with Crippen molar-refractivity contribution in [2.24, 2.45) is 0 Å². The van der Waals surface area contributed by atoms with Crippen LogP contribution in [0.1, 0.15) is 6.92 Å². The predicted octanol–water partition coefficient (Wildman–Crippen LogP) is 1.29. The van der Waals surface area contributed by atoms with Crippen molar-refractivity contribution in [1.29, 1.82) is 0 Å².